The van der Waals surface area contributed by atoms with E-state index in [2.05, 4.69) is 0 Å². The van der Waals surface area contributed by atoms with E-state index in [4.69, 9.17) is 15.2 Å². The minimum atomic E-state index is -0.411. The van der Waals surface area contributed by atoms with Gasteiger partial charge in [-0.2, -0.15) is 0 Å². The second kappa shape index (κ2) is 7.19. The monoisotopic (exact) mass is 339 g/mol. The number of benzene rings is 2. The summed E-state index contributed by atoms with van der Waals surface area (Å²) >= 11 is 1.32. The summed E-state index contributed by atoms with van der Waals surface area (Å²) < 4.78 is 10.5. The molecule has 1 heterocycles. The predicted molar refractivity (Wildman–Crippen MR) is 96.3 cm³/mol. The molecular weight excluding hydrogens is 322 g/mol. The number of thiophene rings is 1. The van der Waals surface area contributed by atoms with E-state index in [1.165, 1.54) is 18.4 Å². The first-order chi connectivity index (χ1) is 11.7. The van der Waals surface area contributed by atoms with Gasteiger partial charge in [0.15, 0.2) is 0 Å². The number of ether oxygens (including phenoxy) is 2. The summed E-state index contributed by atoms with van der Waals surface area (Å²) in [6.07, 6.45) is 0. The van der Waals surface area contributed by atoms with Gasteiger partial charge in [0.05, 0.1) is 12.8 Å². The van der Waals surface area contributed by atoms with Crippen molar-refractivity contribution in [2.75, 3.05) is 12.8 Å². The molecule has 1 aromatic heterocycles. The number of rotatable bonds is 5. The second-order valence-electron chi connectivity index (χ2n) is 5.19. The quantitative estimate of drug-likeness (QED) is 0.702. The SMILES string of the molecule is COC(=O)c1sc(-c2ccc(OCc3ccccc3)cc2)cc1N. The lowest BCUT2D eigenvalue weighted by atomic mass is 10.2. The smallest absolute Gasteiger partial charge is 0.350 e. The highest BCUT2D eigenvalue weighted by Crippen LogP contribution is 2.34. The summed E-state index contributed by atoms with van der Waals surface area (Å²) in [5, 5.41) is 0. The van der Waals surface area contributed by atoms with Crippen molar-refractivity contribution in [3.8, 4) is 16.2 Å². The molecule has 0 fully saturated rings. The molecule has 24 heavy (non-hydrogen) atoms. The Labute approximate surface area is 144 Å². The maximum atomic E-state index is 11.6. The third-order valence-electron chi connectivity index (χ3n) is 3.52. The number of hydrogen-bond acceptors (Lipinski definition) is 5. The topological polar surface area (TPSA) is 61.5 Å². The fourth-order valence-electron chi connectivity index (χ4n) is 2.26. The van der Waals surface area contributed by atoms with Crippen LogP contribution in [-0.2, 0) is 11.3 Å². The summed E-state index contributed by atoms with van der Waals surface area (Å²) in [6, 6.07) is 19.5. The number of carbonyl (C=O) groups is 1. The summed E-state index contributed by atoms with van der Waals surface area (Å²) in [7, 11) is 1.35. The molecule has 0 unspecified atom stereocenters. The van der Waals surface area contributed by atoms with E-state index in [0.717, 1.165) is 21.8 Å². The minimum absolute atomic E-state index is 0.411. The fraction of sp³-hybridized carbons (Fsp3) is 0.105. The third kappa shape index (κ3) is 3.58. The third-order valence-corrected chi connectivity index (χ3v) is 4.70. The van der Waals surface area contributed by atoms with Gasteiger partial charge in [0.1, 0.15) is 17.2 Å². The average Bonchev–Trinajstić information content (AvgIpc) is 3.02. The molecule has 122 valence electrons. The van der Waals surface area contributed by atoms with E-state index in [1.807, 2.05) is 54.6 Å². The van der Waals surface area contributed by atoms with Crippen LogP contribution in [0.15, 0.2) is 60.7 Å². The van der Waals surface area contributed by atoms with Gasteiger partial charge in [0.25, 0.3) is 0 Å². The van der Waals surface area contributed by atoms with Crippen LogP contribution in [0.2, 0.25) is 0 Å². The highest BCUT2D eigenvalue weighted by Gasteiger charge is 2.15. The molecule has 0 bridgehead atoms. The normalized spacial score (nSPS) is 10.4. The molecule has 0 aliphatic carbocycles. The zero-order chi connectivity index (χ0) is 16.9. The molecule has 0 aliphatic rings. The number of hydrogen-bond donors (Lipinski definition) is 1. The Morgan fingerprint density at radius 2 is 1.79 bits per heavy atom. The van der Waals surface area contributed by atoms with E-state index in [0.29, 0.717) is 17.2 Å². The van der Waals surface area contributed by atoms with Crippen LogP contribution in [0, 0.1) is 0 Å². The van der Waals surface area contributed by atoms with Crippen LogP contribution in [0.1, 0.15) is 15.2 Å². The van der Waals surface area contributed by atoms with E-state index >= 15 is 0 Å². The van der Waals surface area contributed by atoms with Crippen LogP contribution in [-0.4, -0.2) is 13.1 Å². The van der Waals surface area contributed by atoms with Crippen LogP contribution in [0.3, 0.4) is 0 Å². The number of nitrogens with two attached hydrogens (primary N) is 1. The highest BCUT2D eigenvalue weighted by molar-refractivity contribution is 7.18. The first-order valence-corrected chi connectivity index (χ1v) is 8.24. The lowest BCUT2D eigenvalue weighted by Gasteiger charge is -2.06. The molecule has 0 saturated heterocycles. The Hall–Kier alpha value is -2.79. The minimum Gasteiger partial charge on any atom is -0.489 e. The average molecular weight is 339 g/mol. The Morgan fingerprint density at radius 3 is 2.46 bits per heavy atom. The van der Waals surface area contributed by atoms with Crippen LogP contribution in [0.5, 0.6) is 5.75 Å². The molecule has 4 nitrogen and oxygen atoms in total. The van der Waals surface area contributed by atoms with Gasteiger partial charge >= 0.3 is 5.97 Å². The molecule has 2 N–H and O–H groups in total. The Bertz CT molecular complexity index is 826. The van der Waals surface area contributed by atoms with Crippen molar-refractivity contribution in [2.45, 2.75) is 6.61 Å². The van der Waals surface area contributed by atoms with Crippen LogP contribution in [0.4, 0.5) is 5.69 Å². The van der Waals surface area contributed by atoms with Crippen molar-refractivity contribution in [1.29, 1.82) is 0 Å². The van der Waals surface area contributed by atoms with Crippen LogP contribution >= 0.6 is 11.3 Å². The lowest BCUT2D eigenvalue weighted by Crippen LogP contribution is -2.00. The van der Waals surface area contributed by atoms with Crippen molar-refractivity contribution in [3.63, 3.8) is 0 Å². The second-order valence-corrected chi connectivity index (χ2v) is 6.24. The van der Waals surface area contributed by atoms with Gasteiger partial charge in [-0.1, -0.05) is 30.3 Å². The van der Waals surface area contributed by atoms with E-state index in [9.17, 15) is 4.79 Å². The van der Waals surface area contributed by atoms with E-state index in [1.54, 1.807) is 6.07 Å². The van der Waals surface area contributed by atoms with Gasteiger partial charge in [0, 0.05) is 4.88 Å². The maximum Gasteiger partial charge on any atom is 0.350 e. The molecule has 0 radical (unpaired) electrons. The fourth-order valence-corrected chi connectivity index (χ4v) is 3.26. The summed E-state index contributed by atoms with van der Waals surface area (Å²) in [4.78, 5) is 13.0. The van der Waals surface area contributed by atoms with Crippen molar-refractivity contribution in [3.05, 3.63) is 71.1 Å². The van der Waals surface area contributed by atoms with Crippen molar-refractivity contribution in [2.24, 2.45) is 0 Å². The van der Waals surface area contributed by atoms with Crippen LogP contribution in [0.25, 0.3) is 10.4 Å². The summed E-state index contributed by atoms with van der Waals surface area (Å²) in [5.74, 6) is 0.381. The molecule has 2 aromatic carbocycles. The summed E-state index contributed by atoms with van der Waals surface area (Å²) in [6.45, 7) is 0.526. The van der Waals surface area contributed by atoms with Gasteiger partial charge in [-0.05, 0) is 41.5 Å². The molecule has 0 amide bonds. The highest BCUT2D eigenvalue weighted by atomic mass is 32.1. The number of carbonyl (C=O) groups excluding carboxylic acids is 1. The van der Waals surface area contributed by atoms with E-state index < -0.39 is 5.97 Å². The first kappa shape index (κ1) is 16.1. The maximum absolute atomic E-state index is 11.6. The van der Waals surface area contributed by atoms with Gasteiger partial charge in [0.2, 0.25) is 0 Å². The zero-order valence-corrected chi connectivity index (χ0v) is 14.0. The van der Waals surface area contributed by atoms with Gasteiger partial charge in [-0.15, -0.1) is 11.3 Å². The van der Waals surface area contributed by atoms with Gasteiger partial charge in [-0.3, -0.25) is 0 Å². The molecule has 3 aromatic rings. The van der Waals surface area contributed by atoms with Crippen LogP contribution < -0.4 is 10.5 Å². The molecule has 0 aliphatic heterocycles. The Balaban J connectivity index is 1.71. The van der Waals surface area contributed by atoms with E-state index in [-0.39, 0.29) is 0 Å². The molecular formula is C19H17NO3S. The predicted octanol–water partition coefficient (Wildman–Crippen LogP) is 4.36. The summed E-state index contributed by atoms with van der Waals surface area (Å²) in [5.41, 5.74) is 8.42. The largest absolute Gasteiger partial charge is 0.489 e. The Morgan fingerprint density at radius 1 is 1.08 bits per heavy atom. The standard InChI is InChI=1S/C19H17NO3S/c1-22-19(21)18-16(20)11-17(24-18)14-7-9-15(10-8-14)23-12-13-5-3-2-4-6-13/h2-11H,12,20H2,1H3. The number of methoxy groups -OCH3 is 1. The Kier molecular flexibility index (Phi) is 4.82. The van der Waals surface area contributed by atoms with Crippen molar-refractivity contribution < 1.29 is 14.3 Å². The zero-order valence-electron chi connectivity index (χ0n) is 13.2. The number of esters is 1. The molecule has 3 rings (SSSR count). The number of nitrogen functional groups attached to an aromatic ring is 1. The molecule has 0 atom stereocenters. The lowest BCUT2D eigenvalue weighted by molar-refractivity contribution is 0.0607. The molecule has 0 spiro atoms. The molecule has 0 saturated carbocycles. The first-order valence-electron chi connectivity index (χ1n) is 7.42. The van der Waals surface area contributed by atoms with Gasteiger partial charge < -0.3 is 15.2 Å². The molecule has 5 heteroatoms. The number of anilines is 1. The van der Waals surface area contributed by atoms with Gasteiger partial charge in [-0.25, -0.2) is 4.79 Å². The van der Waals surface area contributed by atoms with Crippen molar-refractivity contribution in [1.82, 2.24) is 0 Å². The van der Waals surface area contributed by atoms with Crippen molar-refractivity contribution >= 4 is 23.0 Å².